The zero-order valence-electron chi connectivity index (χ0n) is 14.9. The first-order valence-corrected chi connectivity index (χ1v) is 8.85. The lowest BCUT2D eigenvalue weighted by Crippen LogP contribution is -2.13. The molecule has 0 bridgehead atoms. The Morgan fingerprint density at radius 1 is 0.964 bits per heavy atom. The van der Waals surface area contributed by atoms with Gasteiger partial charge in [-0.05, 0) is 48.5 Å². The minimum absolute atomic E-state index is 0.290. The van der Waals surface area contributed by atoms with E-state index >= 15 is 0 Å². The number of halogens is 1. The third-order valence-corrected chi connectivity index (χ3v) is 4.46. The van der Waals surface area contributed by atoms with Crippen molar-refractivity contribution in [2.24, 2.45) is 0 Å². The number of rotatable bonds is 4. The standard InChI is InChI=1S/C21H15ClN4O2/c1-28-16-8-4-14(5-9-16)21(27)26-20-19-18(23-12-24-20)11-10-17(25-19)13-2-6-15(22)7-3-13/h2-12H,1H3,(H,23,24,26,27). The van der Waals surface area contributed by atoms with Crippen molar-refractivity contribution in [1.82, 2.24) is 15.0 Å². The van der Waals surface area contributed by atoms with Crippen molar-refractivity contribution in [3.63, 3.8) is 0 Å². The Kier molecular flexibility index (Phi) is 4.87. The van der Waals surface area contributed by atoms with E-state index in [1.165, 1.54) is 6.33 Å². The van der Waals surface area contributed by atoms with Gasteiger partial charge in [0, 0.05) is 16.1 Å². The molecule has 0 aliphatic carbocycles. The predicted octanol–water partition coefficient (Wildman–Crippen LogP) is 4.61. The fourth-order valence-corrected chi connectivity index (χ4v) is 2.86. The first-order chi connectivity index (χ1) is 13.6. The summed E-state index contributed by atoms with van der Waals surface area (Å²) in [6, 6.07) is 17.9. The van der Waals surface area contributed by atoms with Gasteiger partial charge in [-0.3, -0.25) is 4.79 Å². The Balaban J connectivity index is 1.68. The molecule has 0 aliphatic rings. The molecule has 138 valence electrons. The number of anilines is 1. The number of carbonyl (C=O) groups is 1. The summed E-state index contributed by atoms with van der Waals surface area (Å²) in [6.07, 6.45) is 1.40. The normalized spacial score (nSPS) is 10.6. The number of aromatic nitrogens is 3. The second-order valence-corrected chi connectivity index (χ2v) is 6.41. The summed E-state index contributed by atoms with van der Waals surface area (Å²) in [6.45, 7) is 0. The van der Waals surface area contributed by atoms with Crippen molar-refractivity contribution < 1.29 is 9.53 Å². The van der Waals surface area contributed by atoms with Crippen molar-refractivity contribution in [3.05, 3.63) is 77.6 Å². The molecule has 0 radical (unpaired) electrons. The second-order valence-electron chi connectivity index (χ2n) is 5.98. The molecule has 2 heterocycles. The number of nitrogens with one attached hydrogen (secondary N) is 1. The monoisotopic (exact) mass is 390 g/mol. The maximum absolute atomic E-state index is 12.6. The molecule has 0 saturated carbocycles. The van der Waals surface area contributed by atoms with Crippen molar-refractivity contribution in [2.75, 3.05) is 12.4 Å². The second kappa shape index (κ2) is 7.62. The molecule has 7 heteroatoms. The number of carbonyl (C=O) groups excluding carboxylic acids is 1. The van der Waals surface area contributed by atoms with Crippen LogP contribution in [0.2, 0.25) is 5.02 Å². The highest BCUT2D eigenvalue weighted by molar-refractivity contribution is 6.30. The number of hydrogen-bond acceptors (Lipinski definition) is 5. The molecule has 1 N–H and O–H groups in total. The van der Waals surface area contributed by atoms with E-state index in [1.807, 2.05) is 24.3 Å². The first kappa shape index (κ1) is 17.9. The van der Waals surface area contributed by atoms with E-state index < -0.39 is 0 Å². The lowest BCUT2D eigenvalue weighted by Gasteiger charge is -2.09. The molecule has 0 saturated heterocycles. The molecular formula is C21H15ClN4O2. The van der Waals surface area contributed by atoms with Crippen LogP contribution in [0, 0.1) is 0 Å². The molecule has 2 aromatic heterocycles. The van der Waals surface area contributed by atoms with Crippen molar-refractivity contribution in [1.29, 1.82) is 0 Å². The summed E-state index contributed by atoms with van der Waals surface area (Å²) < 4.78 is 5.12. The molecule has 4 aromatic rings. The molecule has 4 rings (SSSR count). The predicted molar refractivity (Wildman–Crippen MR) is 109 cm³/mol. The summed E-state index contributed by atoms with van der Waals surface area (Å²) in [5.41, 5.74) is 3.28. The van der Waals surface area contributed by atoms with E-state index in [0.717, 1.165) is 11.3 Å². The molecule has 6 nitrogen and oxygen atoms in total. The zero-order chi connectivity index (χ0) is 19.5. The summed E-state index contributed by atoms with van der Waals surface area (Å²) in [7, 11) is 1.58. The first-order valence-electron chi connectivity index (χ1n) is 8.47. The van der Waals surface area contributed by atoms with Gasteiger partial charge >= 0.3 is 0 Å². The molecule has 2 aromatic carbocycles. The Labute approximate surface area is 166 Å². The van der Waals surface area contributed by atoms with Crippen molar-refractivity contribution in [2.45, 2.75) is 0 Å². The Morgan fingerprint density at radius 2 is 1.71 bits per heavy atom. The van der Waals surface area contributed by atoms with Crippen LogP contribution in [-0.4, -0.2) is 28.0 Å². The van der Waals surface area contributed by atoms with Crippen LogP contribution in [0.3, 0.4) is 0 Å². The van der Waals surface area contributed by atoms with E-state index in [4.69, 9.17) is 16.3 Å². The number of ether oxygens (including phenoxy) is 1. The molecule has 0 unspecified atom stereocenters. The molecule has 1 amide bonds. The summed E-state index contributed by atoms with van der Waals surface area (Å²) in [4.78, 5) is 25.7. The van der Waals surface area contributed by atoms with Crippen LogP contribution in [0.25, 0.3) is 22.3 Å². The van der Waals surface area contributed by atoms with Crippen LogP contribution < -0.4 is 10.1 Å². The molecule has 0 atom stereocenters. The van der Waals surface area contributed by atoms with Crippen LogP contribution in [0.1, 0.15) is 10.4 Å². The van der Waals surface area contributed by atoms with Gasteiger partial charge in [0.25, 0.3) is 5.91 Å². The maximum atomic E-state index is 12.6. The van der Waals surface area contributed by atoms with Crippen molar-refractivity contribution >= 4 is 34.4 Å². The highest BCUT2D eigenvalue weighted by atomic mass is 35.5. The average molecular weight is 391 g/mol. The number of hydrogen-bond donors (Lipinski definition) is 1. The van der Waals surface area contributed by atoms with Gasteiger partial charge in [-0.1, -0.05) is 23.7 Å². The topological polar surface area (TPSA) is 77.0 Å². The van der Waals surface area contributed by atoms with Crippen LogP contribution in [0.4, 0.5) is 5.82 Å². The van der Waals surface area contributed by atoms with E-state index in [2.05, 4.69) is 20.3 Å². The number of pyridine rings is 1. The zero-order valence-corrected chi connectivity index (χ0v) is 15.6. The third-order valence-electron chi connectivity index (χ3n) is 4.21. The van der Waals surface area contributed by atoms with Gasteiger partial charge in [-0.25, -0.2) is 15.0 Å². The summed E-state index contributed by atoms with van der Waals surface area (Å²) in [5.74, 6) is 0.737. The molecule has 0 fully saturated rings. The Bertz CT molecular complexity index is 1150. The summed E-state index contributed by atoms with van der Waals surface area (Å²) >= 11 is 5.96. The molecule has 0 aliphatic heterocycles. The highest BCUT2D eigenvalue weighted by Crippen LogP contribution is 2.25. The van der Waals surface area contributed by atoms with E-state index in [1.54, 1.807) is 43.5 Å². The minimum Gasteiger partial charge on any atom is -0.497 e. The van der Waals surface area contributed by atoms with E-state index in [9.17, 15) is 4.79 Å². The van der Waals surface area contributed by atoms with Gasteiger partial charge in [0.15, 0.2) is 5.82 Å². The van der Waals surface area contributed by atoms with Gasteiger partial charge in [-0.15, -0.1) is 0 Å². The summed E-state index contributed by atoms with van der Waals surface area (Å²) in [5, 5.41) is 3.47. The number of nitrogens with zero attached hydrogens (tertiary/aromatic N) is 3. The van der Waals surface area contributed by atoms with Gasteiger partial charge in [-0.2, -0.15) is 0 Å². The average Bonchev–Trinajstić information content (AvgIpc) is 2.74. The van der Waals surface area contributed by atoms with Crippen LogP contribution in [0.15, 0.2) is 67.0 Å². The van der Waals surface area contributed by atoms with Gasteiger partial charge < -0.3 is 10.1 Å². The quantitative estimate of drug-likeness (QED) is 0.550. The number of benzene rings is 2. The highest BCUT2D eigenvalue weighted by Gasteiger charge is 2.12. The lowest BCUT2D eigenvalue weighted by molar-refractivity contribution is 0.102. The maximum Gasteiger partial charge on any atom is 0.256 e. The third kappa shape index (κ3) is 3.63. The number of amides is 1. The lowest BCUT2D eigenvalue weighted by atomic mass is 10.1. The SMILES string of the molecule is COc1ccc(C(=O)Nc2ncnc3ccc(-c4ccc(Cl)cc4)nc23)cc1. The molecular weight excluding hydrogens is 376 g/mol. The fourth-order valence-electron chi connectivity index (χ4n) is 2.74. The van der Waals surface area contributed by atoms with Gasteiger partial charge in [0.05, 0.1) is 18.3 Å². The Hall–Kier alpha value is -3.51. The van der Waals surface area contributed by atoms with Gasteiger partial charge in [0.1, 0.15) is 17.6 Å². The van der Waals surface area contributed by atoms with Crippen LogP contribution in [0.5, 0.6) is 5.75 Å². The van der Waals surface area contributed by atoms with Crippen molar-refractivity contribution in [3.8, 4) is 17.0 Å². The Morgan fingerprint density at radius 3 is 2.43 bits per heavy atom. The van der Waals surface area contributed by atoms with E-state index in [0.29, 0.717) is 33.2 Å². The minimum atomic E-state index is -0.290. The molecule has 0 spiro atoms. The van der Waals surface area contributed by atoms with Crippen LogP contribution >= 0.6 is 11.6 Å². The van der Waals surface area contributed by atoms with Crippen LogP contribution in [-0.2, 0) is 0 Å². The smallest absolute Gasteiger partial charge is 0.256 e. The van der Waals surface area contributed by atoms with E-state index in [-0.39, 0.29) is 5.91 Å². The number of fused-ring (bicyclic) bond motifs is 1. The number of methoxy groups -OCH3 is 1. The largest absolute Gasteiger partial charge is 0.497 e. The fraction of sp³-hybridized carbons (Fsp3) is 0.0476. The van der Waals surface area contributed by atoms with Gasteiger partial charge in [0.2, 0.25) is 0 Å². The molecule has 28 heavy (non-hydrogen) atoms.